The molecular weight excluding hydrogens is 229 g/mol. The average Bonchev–Trinajstić information content (AvgIpc) is 1.78. The Bertz CT molecular complexity index is 306. The zero-order chi connectivity index (χ0) is 11.6. The van der Waals surface area contributed by atoms with Gasteiger partial charge in [0.05, 0.1) is 0 Å². The van der Waals surface area contributed by atoms with Crippen LogP contribution in [0.4, 0.5) is 13.2 Å². The van der Waals surface area contributed by atoms with Crippen molar-refractivity contribution in [1.82, 2.24) is 0 Å². The highest BCUT2D eigenvalue weighted by molar-refractivity contribution is 7.86. The summed E-state index contributed by atoms with van der Waals surface area (Å²) in [5.41, 5.74) is 0. The fourth-order valence-corrected chi connectivity index (χ4v) is 1.49. The number of carbonyl (C=O) groups is 1. The molecule has 9 heteroatoms. The minimum atomic E-state index is -4.95. The smallest absolute Gasteiger partial charge is 0.405 e. The molecule has 0 aliphatic rings. The maximum Gasteiger partial charge on any atom is 0.405 e. The summed E-state index contributed by atoms with van der Waals surface area (Å²) in [5, 5.41) is 8.17. The zero-order valence-electron chi connectivity index (χ0n) is 6.91. The van der Waals surface area contributed by atoms with Crippen molar-refractivity contribution in [3.63, 3.8) is 0 Å². The second-order valence-corrected chi connectivity index (χ2v) is 3.99. The number of carboxylic acid groups (broad SMARTS) is 1. The number of halogens is 3. The van der Waals surface area contributed by atoms with Gasteiger partial charge in [-0.2, -0.15) is 21.6 Å². The van der Waals surface area contributed by atoms with Crippen molar-refractivity contribution in [1.29, 1.82) is 0 Å². The van der Waals surface area contributed by atoms with Gasteiger partial charge in [0, 0.05) is 0 Å². The zero-order valence-corrected chi connectivity index (χ0v) is 7.72. The second kappa shape index (κ2) is 4.13. The molecule has 5 nitrogen and oxygen atoms in total. The van der Waals surface area contributed by atoms with Crippen LogP contribution in [0.3, 0.4) is 0 Å². The number of hydrogen-bond donors (Lipinski definition) is 1. The Morgan fingerprint density at radius 2 is 1.93 bits per heavy atom. The van der Waals surface area contributed by atoms with Gasteiger partial charge in [-0.05, 0) is 6.92 Å². The second-order valence-electron chi connectivity index (χ2n) is 2.39. The third kappa shape index (κ3) is 5.75. The summed E-state index contributed by atoms with van der Waals surface area (Å²) in [7, 11) is -4.89. The van der Waals surface area contributed by atoms with E-state index in [-0.39, 0.29) is 0 Å². The van der Waals surface area contributed by atoms with Crippen molar-refractivity contribution < 1.29 is 35.7 Å². The lowest BCUT2D eigenvalue weighted by atomic mass is 10.4. The summed E-state index contributed by atoms with van der Waals surface area (Å²) < 4.78 is 59.6. The van der Waals surface area contributed by atoms with E-state index >= 15 is 0 Å². The maximum absolute atomic E-state index is 11.6. The summed E-state index contributed by atoms with van der Waals surface area (Å²) in [6, 6.07) is 0. The van der Waals surface area contributed by atoms with Crippen LogP contribution in [0.1, 0.15) is 6.92 Å². The van der Waals surface area contributed by atoms with Crippen LogP contribution in [-0.4, -0.2) is 37.5 Å². The van der Waals surface area contributed by atoms with E-state index in [9.17, 15) is 26.4 Å². The van der Waals surface area contributed by atoms with Gasteiger partial charge in [0.25, 0.3) is 10.1 Å². The summed E-state index contributed by atoms with van der Waals surface area (Å²) in [5.74, 6) is -3.85. The highest BCUT2D eigenvalue weighted by atomic mass is 32.2. The molecule has 0 aromatic heterocycles. The fraction of sp³-hybridized carbons (Fsp3) is 0.800. The van der Waals surface area contributed by atoms with Crippen molar-refractivity contribution in [2.75, 3.05) is 5.75 Å². The predicted octanol–water partition coefficient (Wildman–Crippen LogP) is 0.368. The number of aliphatic carboxylic acids is 1. The number of carboxylic acids is 1. The molecule has 0 spiro atoms. The Labute approximate surface area is 77.6 Å². The van der Waals surface area contributed by atoms with Crippen molar-refractivity contribution in [2.45, 2.75) is 19.2 Å². The molecule has 0 saturated carbocycles. The van der Waals surface area contributed by atoms with Crippen LogP contribution in [-0.2, 0) is 19.1 Å². The molecule has 0 heterocycles. The Hall–Kier alpha value is -0.830. The van der Waals surface area contributed by atoms with E-state index in [0.717, 1.165) is 6.92 Å². The van der Waals surface area contributed by atoms with Crippen LogP contribution in [0.25, 0.3) is 0 Å². The molecule has 0 rings (SSSR count). The average molecular weight is 236 g/mol. The molecule has 0 amide bonds. The Balaban J connectivity index is 4.45. The SMILES string of the molecule is CC(OS(=O)(=O)CC(F)(F)F)C(=O)O. The molecule has 0 saturated heterocycles. The summed E-state index contributed by atoms with van der Waals surface area (Å²) >= 11 is 0. The molecule has 0 aliphatic heterocycles. The topological polar surface area (TPSA) is 80.7 Å². The van der Waals surface area contributed by atoms with E-state index in [1.54, 1.807) is 0 Å². The molecule has 0 radical (unpaired) electrons. The normalized spacial score (nSPS) is 15.1. The van der Waals surface area contributed by atoms with Crippen LogP contribution in [0.15, 0.2) is 0 Å². The van der Waals surface area contributed by atoms with Crippen LogP contribution in [0.2, 0.25) is 0 Å². The lowest BCUT2D eigenvalue weighted by Crippen LogP contribution is -2.30. The Morgan fingerprint density at radius 1 is 1.50 bits per heavy atom. The number of hydrogen-bond acceptors (Lipinski definition) is 4. The van der Waals surface area contributed by atoms with Crippen LogP contribution in [0, 0.1) is 0 Å². The number of rotatable bonds is 4. The molecule has 1 unspecified atom stereocenters. The summed E-state index contributed by atoms with van der Waals surface area (Å²) in [6.45, 7) is 0.816. The monoisotopic (exact) mass is 236 g/mol. The van der Waals surface area contributed by atoms with Gasteiger partial charge in [-0.25, -0.2) is 4.79 Å². The molecule has 1 atom stereocenters. The van der Waals surface area contributed by atoms with Crippen molar-refractivity contribution in [2.24, 2.45) is 0 Å². The molecule has 1 N–H and O–H groups in total. The molecular formula is C5H7F3O5S. The fourth-order valence-electron chi connectivity index (χ4n) is 0.496. The highest BCUT2D eigenvalue weighted by Crippen LogP contribution is 2.18. The molecule has 84 valence electrons. The highest BCUT2D eigenvalue weighted by Gasteiger charge is 2.37. The molecule has 0 bridgehead atoms. The minimum absolute atomic E-state index is 0.816. The van der Waals surface area contributed by atoms with Crippen LogP contribution < -0.4 is 0 Å². The molecule has 0 aromatic carbocycles. The third-order valence-corrected chi connectivity index (χ3v) is 2.24. The van der Waals surface area contributed by atoms with Crippen molar-refractivity contribution in [3.05, 3.63) is 0 Å². The lowest BCUT2D eigenvalue weighted by Gasteiger charge is -2.10. The van der Waals surface area contributed by atoms with E-state index in [1.807, 2.05) is 0 Å². The van der Waals surface area contributed by atoms with E-state index in [2.05, 4.69) is 4.18 Å². The van der Waals surface area contributed by atoms with Gasteiger partial charge in [-0.15, -0.1) is 0 Å². The van der Waals surface area contributed by atoms with Gasteiger partial charge in [0.1, 0.15) is 0 Å². The van der Waals surface area contributed by atoms with Crippen LogP contribution >= 0.6 is 0 Å². The van der Waals surface area contributed by atoms with Crippen LogP contribution in [0.5, 0.6) is 0 Å². The number of alkyl halides is 3. The predicted molar refractivity (Wildman–Crippen MR) is 38.0 cm³/mol. The van der Waals surface area contributed by atoms with Gasteiger partial charge in [-0.1, -0.05) is 0 Å². The molecule has 14 heavy (non-hydrogen) atoms. The molecule has 0 aromatic rings. The minimum Gasteiger partial charge on any atom is -0.479 e. The van der Waals surface area contributed by atoms with Crippen molar-refractivity contribution in [3.8, 4) is 0 Å². The Kier molecular flexibility index (Phi) is 3.89. The standard InChI is InChI=1S/C5H7F3O5S/c1-3(4(9)10)13-14(11,12)2-5(6,7)8/h3H,2H2,1H3,(H,9,10). The summed E-state index contributed by atoms with van der Waals surface area (Å²) in [4.78, 5) is 10.1. The largest absolute Gasteiger partial charge is 0.479 e. The third-order valence-electron chi connectivity index (χ3n) is 0.979. The van der Waals surface area contributed by atoms with Gasteiger partial charge >= 0.3 is 12.1 Å². The summed E-state index contributed by atoms with van der Waals surface area (Å²) in [6.07, 6.45) is -6.78. The van der Waals surface area contributed by atoms with E-state index in [0.29, 0.717) is 0 Å². The van der Waals surface area contributed by atoms with E-state index in [1.165, 1.54) is 0 Å². The van der Waals surface area contributed by atoms with Gasteiger partial charge in [-0.3, -0.25) is 4.18 Å². The van der Waals surface area contributed by atoms with E-state index in [4.69, 9.17) is 5.11 Å². The molecule has 0 fully saturated rings. The molecule has 0 aliphatic carbocycles. The van der Waals surface area contributed by atoms with Gasteiger partial charge in [0.15, 0.2) is 11.9 Å². The quantitative estimate of drug-likeness (QED) is 0.713. The first kappa shape index (κ1) is 13.2. The van der Waals surface area contributed by atoms with E-state index < -0.39 is 34.1 Å². The van der Waals surface area contributed by atoms with Gasteiger partial charge in [0.2, 0.25) is 0 Å². The lowest BCUT2D eigenvalue weighted by molar-refractivity contribution is -0.144. The van der Waals surface area contributed by atoms with Gasteiger partial charge < -0.3 is 5.11 Å². The maximum atomic E-state index is 11.6. The first-order valence-electron chi connectivity index (χ1n) is 3.24. The van der Waals surface area contributed by atoms with Crippen molar-refractivity contribution >= 4 is 16.1 Å². The first-order valence-corrected chi connectivity index (χ1v) is 4.82. The Morgan fingerprint density at radius 3 is 2.21 bits per heavy atom. The first-order chi connectivity index (χ1) is 6.03.